The van der Waals surface area contributed by atoms with Gasteiger partial charge in [0.25, 0.3) is 5.91 Å². The van der Waals surface area contributed by atoms with Gasteiger partial charge in [-0.3, -0.25) is 4.79 Å². The van der Waals surface area contributed by atoms with Gasteiger partial charge < -0.3 is 15.4 Å². The lowest BCUT2D eigenvalue weighted by atomic mass is 10.1. The molecule has 0 atom stereocenters. The van der Waals surface area contributed by atoms with Crippen LogP contribution in [-0.4, -0.2) is 24.5 Å². The number of benzene rings is 1. The third-order valence-electron chi connectivity index (χ3n) is 3.29. The van der Waals surface area contributed by atoms with E-state index in [0.29, 0.717) is 17.1 Å². The molecule has 0 saturated carbocycles. The minimum Gasteiger partial charge on any atom is -0.480 e. The molecule has 2 aromatic rings. The normalized spacial score (nSPS) is 12.4. The molecule has 0 saturated heterocycles. The summed E-state index contributed by atoms with van der Waals surface area (Å²) < 4.78 is 5.12. The molecule has 1 aromatic heterocycles. The van der Waals surface area contributed by atoms with Gasteiger partial charge in [-0.05, 0) is 36.2 Å². The van der Waals surface area contributed by atoms with Gasteiger partial charge in [0.05, 0.1) is 7.11 Å². The Morgan fingerprint density at radius 2 is 2.30 bits per heavy atom. The molecule has 5 nitrogen and oxygen atoms in total. The summed E-state index contributed by atoms with van der Waals surface area (Å²) in [5.41, 5.74) is 3.47. The topological polar surface area (TPSA) is 63.2 Å². The van der Waals surface area contributed by atoms with E-state index < -0.39 is 0 Å². The fourth-order valence-corrected chi connectivity index (χ4v) is 2.28. The second-order valence-electron chi connectivity index (χ2n) is 4.56. The molecule has 1 aliphatic heterocycles. The number of nitrogens with zero attached hydrogens (tertiary/aromatic N) is 1. The number of amides is 1. The van der Waals surface area contributed by atoms with Crippen molar-refractivity contribution in [3.8, 4) is 5.88 Å². The highest BCUT2D eigenvalue weighted by Crippen LogP contribution is 2.25. The second kappa shape index (κ2) is 5.21. The molecule has 20 heavy (non-hydrogen) atoms. The molecule has 2 N–H and O–H groups in total. The number of fused-ring (bicyclic) bond motifs is 1. The summed E-state index contributed by atoms with van der Waals surface area (Å²) in [5, 5.41) is 6.08. The van der Waals surface area contributed by atoms with E-state index in [1.165, 1.54) is 12.7 Å². The van der Waals surface area contributed by atoms with Crippen LogP contribution in [0.4, 0.5) is 11.4 Å². The predicted molar refractivity (Wildman–Crippen MR) is 77.4 cm³/mol. The van der Waals surface area contributed by atoms with E-state index in [1.54, 1.807) is 18.3 Å². The molecule has 5 heteroatoms. The molecule has 0 radical (unpaired) electrons. The zero-order valence-corrected chi connectivity index (χ0v) is 11.1. The average Bonchev–Trinajstić information content (AvgIpc) is 2.95. The number of hydrogen-bond acceptors (Lipinski definition) is 4. The molecule has 0 fully saturated rings. The zero-order valence-electron chi connectivity index (χ0n) is 11.1. The van der Waals surface area contributed by atoms with E-state index in [-0.39, 0.29) is 5.91 Å². The Hall–Kier alpha value is -2.56. The summed E-state index contributed by atoms with van der Waals surface area (Å²) in [6.45, 7) is 0.927. The van der Waals surface area contributed by atoms with Gasteiger partial charge in [-0.2, -0.15) is 0 Å². The van der Waals surface area contributed by atoms with Crippen molar-refractivity contribution in [1.82, 2.24) is 4.98 Å². The molecule has 1 aromatic carbocycles. The van der Waals surface area contributed by atoms with Crippen molar-refractivity contribution in [3.63, 3.8) is 0 Å². The number of methoxy groups -OCH3 is 1. The van der Waals surface area contributed by atoms with Crippen LogP contribution in [0, 0.1) is 0 Å². The maximum Gasteiger partial charge on any atom is 0.255 e. The Kier molecular flexibility index (Phi) is 3.25. The Morgan fingerprint density at radius 1 is 1.40 bits per heavy atom. The summed E-state index contributed by atoms with van der Waals surface area (Å²) in [6, 6.07) is 9.22. The van der Waals surface area contributed by atoms with Crippen molar-refractivity contribution in [3.05, 3.63) is 47.7 Å². The maximum absolute atomic E-state index is 12.3. The number of rotatable bonds is 3. The predicted octanol–water partition coefficient (Wildman–Crippen LogP) is 2.31. The van der Waals surface area contributed by atoms with Gasteiger partial charge in [0.1, 0.15) is 5.69 Å². The molecule has 0 unspecified atom stereocenters. The summed E-state index contributed by atoms with van der Waals surface area (Å²) in [5.74, 6) is 0.230. The van der Waals surface area contributed by atoms with Crippen LogP contribution in [0.3, 0.4) is 0 Å². The quantitative estimate of drug-likeness (QED) is 0.897. The number of aromatic nitrogens is 1. The van der Waals surface area contributed by atoms with E-state index >= 15 is 0 Å². The number of pyridine rings is 1. The van der Waals surface area contributed by atoms with E-state index in [1.807, 2.05) is 18.2 Å². The Bertz CT molecular complexity index is 655. The van der Waals surface area contributed by atoms with Gasteiger partial charge in [0.15, 0.2) is 0 Å². The number of carbonyl (C=O) groups excluding carboxylic acids is 1. The highest BCUT2D eigenvalue weighted by molar-refractivity contribution is 6.05. The fraction of sp³-hybridized carbons (Fsp3) is 0.200. The SMILES string of the molecule is COc1ncccc1NC(=O)c1ccc2c(c1)NCC2. The van der Waals surface area contributed by atoms with Crippen LogP contribution in [0.2, 0.25) is 0 Å². The lowest BCUT2D eigenvalue weighted by Gasteiger charge is -2.09. The minimum absolute atomic E-state index is 0.173. The lowest BCUT2D eigenvalue weighted by Crippen LogP contribution is -2.13. The molecule has 0 spiro atoms. The third kappa shape index (κ3) is 2.30. The van der Waals surface area contributed by atoms with E-state index in [4.69, 9.17) is 4.74 Å². The number of hydrogen-bond donors (Lipinski definition) is 2. The Balaban J connectivity index is 1.83. The van der Waals surface area contributed by atoms with Gasteiger partial charge in [-0.25, -0.2) is 4.98 Å². The largest absolute Gasteiger partial charge is 0.480 e. The summed E-state index contributed by atoms with van der Waals surface area (Å²) in [6.07, 6.45) is 2.63. The second-order valence-corrected chi connectivity index (χ2v) is 4.56. The van der Waals surface area contributed by atoms with Crippen LogP contribution in [0.15, 0.2) is 36.5 Å². The molecular formula is C15H15N3O2. The first-order valence-corrected chi connectivity index (χ1v) is 6.45. The van der Waals surface area contributed by atoms with Gasteiger partial charge in [0.2, 0.25) is 5.88 Å². The van der Waals surface area contributed by atoms with Crippen molar-refractivity contribution >= 4 is 17.3 Å². The number of ether oxygens (including phenoxy) is 1. The smallest absolute Gasteiger partial charge is 0.255 e. The Morgan fingerprint density at radius 3 is 3.15 bits per heavy atom. The lowest BCUT2D eigenvalue weighted by molar-refractivity contribution is 0.102. The van der Waals surface area contributed by atoms with Crippen molar-refractivity contribution in [2.75, 3.05) is 24.3 Å². The standard InChI is InChI=1S/C15H15N3O2/c1-20-15-12(3-2-7-17-15)18-14(19)11-5-4-10-6-8-16-13(10)9-11/h2-5,7,9,16H,6,8H2,1H3,(H,18,19). The highest BCUT2D eigenvalue weighted by atomic mass is 16.5. The first kappa shape index (κ1) is 12.5. The third-order valence-corrected chi connectivity index (χ3v) is 3.29. The maximum atomic E-state index is 12.3. The first-order valence-electron chi connectivity index (χ1n) is 6.45. The fourth-order valence-electron chi connectivity index (χ4n) is 2.28. The van der Waals surface area contributed by atoms with E-state index in [9.17, 15) is 4.79 Å². The molecule has 1 amide bonds. The van der Waals surface area contributed by atoms with Gasteiger partial charge in [0, 0.05) is 24.0 Å². The van der Waals surface area contributed by atoms with Crippen LogP contribution in [0.25, 0.3) is 0 Å². The number of nitrogens with one attached hydrogen (secondary N) is 2. The van der Waals surface area contributed by atoms with Crippen LogP contribution in [-0.2, 0) is 6.42 Å². The highest BCUT2D eigenvalue weighted by Gasteiger charge is 2.14. The van der Waals surface area contributed by atoms with E-state index in [0.717, 1.165) is 18.7 Å². The van der Waals surface area contributed by atoms with Gasteiger partial charge in [-0.15, -0.1) is 0 Å². The van der Waals surface area contributed by atoms with Crippen LogP contribution in [0.1, 0.15) is 15.9 Å². The Labute approximate surface area is 117 Å². The van der Waals surface area contributed by atoms with Gasteiger partial charge >= 0.3 is 0 Å². The molecule has 3 rings (SSSR count). The molecule has 102 valence electrons. The molecule has 2 heterocycles. The molecule has 0 bridgehead atoms. The van der Waals surface area contributed by atoms with Crippen molar-refractivity contribution < 1.29 is 9.53 Å². The monoisotopic (exact) mass is 269 g/mol. The zero-order chi connectivity index (χ0) is 13.9. The molecular weight excluding hydrogens is 254 g/mol. The van der Waals surface area contributed by atoms with Gasteiger partial charge in [-0.1, -0.05) is 6.07 Å². The van der Waals surface area contributed by atoms with Crippen LogP contribution < -0.4 is 15.4 Å². The summed E-state index contributed by atoms with van der Waals surface area (Å²) in [4.78, 5) is 16.3. The van der Waals surface area contributed by atoms with Crippen molar-refractivity contribution in [2.45, 2.75) is 6.42 Å². The summed E-state index contributed by atoms with van der Waals surface area (Å²) in [7, 11) is 1.53. The van der Waals surface area contributed by atoms with Crippen molar-refractivity contribution in [1.29, 1.82) is 0 Å². The number of carbonyl (C=O) groups is 1. The first-order chi connectivity index (χ1) is 9.78. The van der Waals surface area contributed by atoms with E-state index in [2.05, 4.69) is 15.6 Å². The average molecular weight is 269 g/mol. The summed E-state index contributed by atoms with van der Waals surface area (Å²) >= 11 is 0. The van der Waals surface area contributed by atoms with Crippen molar-refractivity contribution in [2.24, 2.45) is 0 Å². The molecule has 0 aliphatic carbocycles. The van der Waals surface area contributed by atoms with Crippen LogP contribution >= 0.6 is 0 Å². The molecule has 1 aliphatic rings. The minimum atomic E-state index is -0.173. The number of anilines is 2. The van der Waals surface area contributed by atoms with Crippen LogP contribution in [0.5, 0.6) is 5.88 Å².